The van der Waals surface area contributed by atoms with Gasteiger partial charge in [0.05, 0.1) is 25.4 Å². The molecule has 3 rings (SSSR count). The second-order valence-corrected chi connectivity index (χ2v) is 5.69. The fourth-order valence-corrected chi connectivity index (χ4v) is 3.46. The molecular formula is C14H25N3O3. The molecule has 1 aliphatic carbocycles. The number of aliphatic imine (C=N–C) groups is 1. The van der Waals surface area contributed by atoms with Crippen LogP contribution in [0.2, 0.25) is 0 Å². The molecule has 0 bridgehead atoms. The molecule has 6 heteroatoms. The van der Waals surface area contributed by atoms with Crippen LogP contribution < -0.4 is 5.73 Å². The van der Waals surface area contributed by atoms with Crippen LogP contribution in [0.25, 0.3) is 0 Å². The van der Waals surface area contributed by atoms with Crippen molar-refractivity contribution in [2.75, 3.05) is 39.5 Å². The Morgan fingerprint density at radius 1 is 1.40 bits per heavy atom. The lowest BCUT2D eigenvalue weighted by Gasteiger charge is -2.50. The van der Waals surface area contributed by atoms with Gasteiger partial charge in [0.15, 0.2) is 5.96 Å². The van der Waals surface area contributed by atoms with Crippen LogP contribution in [0.5, 0.6) is 0 Å². The van der Waals surface area contributed by atoms with Crippen LogP contribution in [0.3, 0.4) is 0 Å². The highest BCUT2D eigenvalue weighted by Crippen LogP contribution is 2.47. The Bertz CT molecular complexity index is 363. The van der Waals surface area contributed by atoms with E-state index in [1.54, 1.807) is 0 Å². The lowest BCUT2D eigenvalue weighted by molar-refractivity contribution is -0.189. The molecule has 6 nitrogen and oxygen atoms in total. The SMILES string of the molecule is CCOC1CC(N=C(N)N2CCOCC2)C12CCCO2. The molecule has 0 amide bonds. The number of ether oxygens (including phenoxy) is 3. The summed E-state index contributed by atoms with van der Waals surface area (Å²) in [6.07, 6.45) is 3.22. The van der Waals surface area contributed by atoms with Gasteiger partial charge in [-0.25, -0.2) is 4.99 Å². The summed E-state index contributed by atoms with van der Waals surface area (Å²) >= 11 is 0. The average Bonchev–Trinajstić information content (AvgIpc) is 2.99. The Morgan fingerprint density at radius 2 is 2.20 bits per heavy atom. The quantitative estimate of drug-likeness (QED) is 0.598. The van der Waals surface area contributed by atoms with E-state index >= 15 is 0 Å². The van der Waals surface area contributed by atoms with Gasteiger partial charge in [-0.05, 0) is 19.8 Å². The highest BCUT2D eigenvalue weighted by atomic mass is 16.6. The molecular weight excluding hydrogens is 258 g/mol. The van der Waals surface area contributed by atoms with Crippen molar-refractivity contribution < 1.29 is 14.2 Å². The molecule has 0 aromatic heterocycles. The van der Waals surface area contributed by atoms with E-state index in [-0.39, 0.29) is 17.7 Å². The number of guanidine groups is 1. The van der Waals surface area contributed by atoms with Crippen molar-refractivity contribution >= 4 is 5.96 Å². The third-order valence-electron chi connectivity index (χ3n) is 4.62. The standard InChI is InChI=1S/C14H25N3O3/c1-2-19-12-10-11(14(12)4-3-7-20-14)16-13(15)17-5-8-18-9-6-17/h11-12H,2-10H2,1H3,(H2,15,16). The molecule has 20 heavy (non-hydrogen) atoms. The van der Waals surface area contributed by atoms with Crippen LogP contribution >= 0.6 is 0 Å². The molecule has 0 aromatic carbocycles. The van der Waals surface area contributed by atoms with Gasteiger partial charge < -0.3 is 24.8 Å². The van der Waals surface area contributed by atoms with Gasteiger partial charge in [-0.1, -0.05) is 0 Å². The fourth-order valence-electron chi connectivity index (χ4n) is 3.46. The van der Waals surface area contributed by atoms with Crippen LogP contribution in [-0.2, 0) is 14.2 Å². The zero-order valence-corrected chi connectivity index (χ0v) is 12.2. The van der Waals surface area contributed by atoms with E-state index in [0.717, 1.165) is 58.8 Å². The van der Waals surface area contributed by atoms with Gasteiger partial charge in [-0.2, -0.15) is 0 Å². The molecule has 2 heterocycles. The highest BCUT2D eigenvalue weighted by molar-refractivity contribution is 5.78. The highest BCUT2D eigenvalue weighted by Gasteiger charge is 2.59. The monoisotopic (exact) mass is 283 g/mol. The van der Waals surface area contributed by atoms with Crippen LogP contribution in [0.4, 0.5) is 0 Å². The lowest BCUT2D eigenvalue weighted by atomic mass is 9.70. The zero-order valence-electron chi connectivity index (χ0n) is 12.2. The van der Waals surface area contributed by atoms with Crippen molar-refractivity contribution in [3.63, 3.8) is 0 Å². The molecule has 3 aliphatic rings. The summed E-state index contributed by atoms with van der Waals surface area (Å²) in [5, 5.41) is 0. The first kappa shape index (κ1) is 14.1. The van der Waals surface area contributed by atoms with Crippen LogP contribution in [0.1, 0.15) is 26.2 Å². The predicted molar refractivity (Wildman–Crippen MR) is 75.8 cm³/mol. The molecule has 114 valence electrons. The van der Waals surface area contributed by atoms with E-state index < -0.39 is 0 Å². The summed E-state index contributed by atoms with van der Waals surface area (Å²) in [5.41, 5.74) is 5.94. The Labute approximate surface area is 120 Å². The summed E-state index contributed by atoms with van der Waals surface area (Å²) in [6.45, 7) is 6.67. The first-order valence-electron chi connectivity index (χ1n) is 7.68. The lowest BCUT2D eigenvalue weighted by Crippen LogP contribution is -2.64. The van der Waals surface area contributed by atoms with Gasteiger partial charge in [0.2, 0.25) is 0 Å². The van der Waals surface area contributed by atoms with E-state index in [0.29, 0.717) is 5.96 Å². The van der Waals surface area contributed by atoms with Crippen molar-refractivity contribution in [1.82, 2.24) is 4.90 Å². The topological polar surface area (TPSA) is 69.3 Å². The zero-order chi connectivity index (χ0) is 14.0. The molecule has 2 saturated heterocycles. The largest absolute Gasteiger partial charge is 0.378 e. The second-order valence-electron chi connectivity index (χ2n) is 5.69. The van der Waals surface area contributed by atoms with Crippen LogP contribution in [-0.4, -0.2) is 68.1 Å². The Morgan fingerprint density at radius 3 is 2.85 bits per heavy atom. The molecule has 1 spiro atoms. The predicted octanol–water partition coefficient (Wildman–Crippen LogP) is 0.360. The Kier molecular flexibility index (Phi) is 4.14. The molecule has 3 atom stereocenters. The molecule has 2 aliphatic heterocycles. The summed E-state index contributed by atoms with van der Waals surface area (Å²) < 4.78 is 17.2. The van der Waals surface area contributed by atoms with Gasteiger partial charge in [0, 0.05) is 32.7 Å². The average molecular weight is 283 g/mol. The van der Waals surface area contributed by atoms with E-state index in [4.69, 9.17) is 24.9 Å². The van der Waals surface area contributed by atoms with Crippen molar-refractivity contribution in [2.45, 2.75) is 43.9 Å². The number of morpholine rings is 1. The summed E-state index contributed by atoms with van der Waals surface area (Å²) in [6, 6.07) is 0.143. The van der Waals surface area contributed by atoms with Crippen molar-refractivity contribution in [1.29, 1.82) is 0 Å². The smallest absolute Gasteiger partial charge is 0.191 e. The minimum Gasteiger partial charge on any atom is -0.378 e. The maximum absolute atomic E-state index is 6.15. The van der Waals surface area contributed by atoms with Crippen LogP contribution in [0.15, 0.2) is 4.99 Å². The number of hydrogen-bond acceptors (Lipinski definition) is 4. The van der Waals surface area contributed by atoms with E-state index in [9.17, 15) is 0 Å². The Balaban J connectivity index is 1.67. The van der Waals surface area contributed by atoms with Crippen molar-refractivity contribution in [3.8, 4) is 0 Å². The van der Waals surface area contributed by atoms with Gasteiger partial charge in [0.25, 0.3) is 0 Å². The minimum absolute atomic E-state index is 0.143. The van der Waals surface area contributed by atoms with Gasteiger partial charge in [0.1, 0.15) is 5.60 Å². The van der Waals surface area contributed by atoms with Gasteiger partial charge in [-0.15, -0.1) is 0 Å². The molecule has 3 unspecified atom stereocenters. The molecule has 0 radical (unpaired) electrons. The number of nitrogens with zero attached hydrogens (tertiary/aromatic N) is 2. The summed E-state index contributed by atoms with van der Waals surface area (Å²) in [7, 11) is 0. The summed E-state index contributed by atoms with van der Waals surface area (Å²) in [5.74, 6) is 0.628. The second kappa shape index (κ2) is 5.87. The maximum Gasteiger partial charge on any atom is 0.191 e. The molecule has 1 saturated carbocycles. The fraction of sp³-hybridized carbons (Fsp3) is 0.929. The van der Waals surface area contributed by atoms with E-state index in [1.165, 1.54) is 0 Å². The molecule has 3 fully saturated rings. The third-order valence-corrected chi connectivity index (χ3v) is 4.62. The Hall–Kier alpha value is -0.850. The number of hydrogen-bond donors (Lipinski definition) is 1. The molecule has 0 aromatic rings. The first-order valence-corrected chi connectivity index (χ1v) is 7.68. The van der Waals surface area contributed by atoms with E-state index in [1.807, 2.05) is 6.92 Å². The number of rotatable bonds is 3. The van der Waals surface area contributed by atoms with E-state index in [2.05, 4.69) is 4.90 Å². The van der Waals surface area contributed by atoms with Gasteiger partial charge in [-0.3, -0.25) is 0 Å². The normalized spacial score (nSPS) is 38.2. The molecule has 2 N–H and O–H groups in total. The third kappa shape index (κ3) is 2.40. The van der Waals surface area contributed by atoms with Gasteiger partial charge >= 0.3 is 0 Å². The minimum atomic E-state index is -0.215. The summed E-state index contributed by atoms with van der Waals surface area (Å²) in [4.78, 5) is 6.83. The van der Waals surface area contributed by atoms with Crippen LogP contribution in [0, 0.1) is 0 Å². The van der Waals surface area contributed by atoms with Crippen molar-refractivity contribution in [3.05, 3.63) is 0 Å². The maximum atomic E-state index is 6.15. The van der Waals surface area contributed by atoms with Crippen molar-refractivity contribution in [2.24, 2.45) is 10.7 Å². The first-order chi connectivity index (χ1) is 9.76. The number of nitrogens with two attached hydrogens (primary N) is 1.